The van der Waals surface area contributed by atoms with Gasteiger partial charge in [-0.15, -0.1) is 11.3 Å². The lowest BCUT2D eigenvalue weighted by atomic mass is 10.3. The van der Waals surface area contributed by atoms with Crippen LogP contribution in [0.25, 0.3) is 0 Å². The number of hydrogen-bond donors (Lipinski definition) is 0. The van der Waals surface area contributed by atoms with Crippen molar-refractivity contribution in [3.05, 3.63) is 16.1 Å². The Morgan fingerprint density at radius 1 is 1.42 bits per heavy atom. The van der Waals surface area contributed by atoms with Crippen LogP contribution in [0, 0.1) is 0 Å². The molecular formula is C7H6F3NS. The molecule has 12 heavy (non-hydrogen) atoms. The number of alkyl halides is 3. The highest BCUT2D eigenvalue weighted by atomic mass is 32.1. The summed E-state index contributed by atoms with van der Waals surface area (Å²) in [5.41, 5.74) is 0.618. The van der Waals surface area contributed by atoms with Crippen LogP contribution in [-0.2, 0) is 6.18 Å². The topological polar surface area (TPSA) is 12.9 Å². The highest BCUT2D eigenvalue weighted by Gasteiger charge is 2.36. The summed E-state index contributed by atoms with van der Waals surface area (Å²) in [4.78, 5) is 3.54. The molecule has 1 fully saturated rings. The number of thiazole rings is 1. The van der Waals surface area contributed by atoms with Crippen molar-refractivity contribution in [3.8, 4) is 0 Å². The minimum atomic E-state index is -4.27. The lowest BCUT2D eigenvalue weighted by Gasteiger charge is -1.98. The molecule has 1 heterocycles. The van der Waals surface area contributed by atoms with Crippen molar-refractivity contribution in [2.45, 2.75) is 24.9 Å². The molecule has 2 rings (SSSR count). The zero-order chi connectivity index (χ0) is 8.77. The van der Waals surface area contributed by atoms with Crippen LogP contribution in [0.1, 0.15) is 29.5 Å². The van der Waals surface area contributed by atoms with E-state index in [1.54, 1.807) is 0 Å². The second-order valence-electron chi connectivity index (χ2n) is 2.85. The van der Waals surface area contributed by atoms with Crippen LogP contribution in [0.5, 0.6) is 0 Å². The minimum Gasteiger partial charge on any atom is -0.237 e. The monoisotopic (exact) mass is 193 g/mol. The van der Waals surface area contributed by atoms with Crippen molar-refractivity contribution in [1.82, 2.24) is 4.98 Å². The molecule has 1 saturated carbocycles. The quantitative estimate of drug-likeness (QED) is 0.668. The van der Waals surface area contributed by atoms with Crippen LogP contribution in [0.15, 0.2) is 5.38 Å². The Kier molecular flexibility index (Phi) is 1.64. The van der Waals surface area contributed by atoms with Crippen LogP contribution in [-0.4, -0.2) is 4.98 Å². The van der Waals surface area contributed by atoms with Gasteiger partial charge in [-0.1, -0.05) is 0 Å². The third-order valence-electron chi connectivity index (χ3n) is 1.76. The molecule has 0 spiro atoms. The van der Waals surface area contributed by atoms with Crippen LogP contribution in [0.2, 0.25) is 0 Å². The van der Waals surface area contributed by atoms with Gasteiger partial charge in [0.2, 0.25) is 0 Å². The fourth-order valence-corrected chi connectivity index (χ4v) is 1.75. The van der Waals surface area contributed by atoms with Crippen molar-refractivity contribution in [2.24, 2.45) is 0 Å². The van der Waals surface area contributed by atoms with E-state index >= 15 is 0 Å². The summed E-state index contributed by atoms with van der Waals surface area (Å²) in [6.45, 7) is 0. The SMILES string of the molecule is FC(F)(F)c1nc(C2CC2)cs1. The molecule has 66 valence electrons. The molecule has 0 radical (unpaired) electrons. The maximum atomic E-state index is 12.0. The molecule has 0 N–H and O–H groups in total. The first-order valence-electron chi connectivity index (χ1n) is 3.60. The summed E-state index contributed by atoms with van der Waals surface area (Å²) in [5.74, 6) is 0.303. The summed E-state index contributed by atoms with van der Waals surface area (Å²) in [7, 11) is 0. The Bertz CT molecular complexity index is 287. The lowest BCUT2D eigenvalue weighted by molar-refractivity contribution is -0.137. The Morgan fingerprint density at radius 2 is 2.08 bits per heavy atom. The highest BCUT2D eigenvalue weighted by Crippen LogP contribution is 2.42. The van der Waals surface area contributed by atoms with Crippen LogP contribution >= 0.6 is 11.3 Å². The summed E-state index contributed by atoms with van der Waals surface area (Å²) < 4.78 is 36.1. The van der Waals surface area contributed by atoms with Crippen molar-refractivity contribution >= 4 is 11.3 Å². The largest absolute Gasteiger partial charge is 0.443 e. The van der Waals surface area contributed by atoms with Gasteiger partial charge >= 0.3 is 6.18 Å². The van der Waals surface area contributed by atoms with E-state index < -0.39 is 11.2 Å². The number of aromatic nitrogens is 1. The summed E-state index contributed by atoms with van der Waals surface area (Å²) in [6.07, 6.45) is -2.29. The molecule has 0 amide bonds. The summed E-state index contributed by atoms with van der Waals surface area (Å²) in [6, 6.07) is 0. The van der Waals surface area contributed by atoms with E-state index in [0.717, 1.165) is 12.8 Å². The minimum absolute atomic E-state index is 0.303. The first-order valence-corrected chi connectivity index (χ1v) is 4.48. The van der Waals surface area contributed by atoms with Crippen LogP contribution in [0.3, 0.4) is 0 Å². The predicted molar refractivity (Wildman–Crippen MR) is 39.1 cm³/mol. The Hall–Kier alpha value is -0.580. The van der Waals surface area contributed by atoms with Gasteiger partial charge in [0.1, 0.15) is 0 Å². The Morgan fingerprint density at radius 3 is 2.50 bits per heavy atom. The molecule has 0 atom stereocenters. The van der Waals surface area contributed by atoms with E-state index in [1.807, 2.05) is 0 Å². The average molecular weight is 193 g/mol. The maximum absolute atomic E-state index is 12.0. The fourth-order valence-electron chi connectivity index (χ4n) is 0.983. The third kappa shape index (κ3) is 1.46. The molecule has 0 aliphatic heterocycles. The molecule has 0 saturated heterocycles. The van der Waals surface area contributed by atoms with Crippen molar-refractivity contribution in [2.75, 3.05) is 0 Å². The average Bonchev–Trinajstić information content (AvgIpc) is 2.66. The fraction of sp³-hybridized carbons (Fsp3) is 0.571. The Labute approximate surface area is 71.2 Å². The van der Waals surface area contributed by atoms with Gasteiger partial charge < -0.3 is 0 Å². The molecule has 1 aromatic rings. The van der Waals surface area contributed by atoms with E-state index in [0.29, 0.717) is 22.9 Å². The summed E-state index contributed by atoms with van der Waals surface area (Å²) in [5, 5.41) is 0.796. The molecule has 1 aliphatic rings. The van der Waals surface area contributed by atoms with Gasteiger partial charge in [0.15, 0.2) is 5.01 Å². The van der Waals surface area contributed by atoms with Gasteiger partial charge in [0.05, 0.1) is 5.69 Å². The van der Waals surface area contributed by atoms with Crippen molar-refractivity contribution in [3.63, 3.8) is 0 Å². The second-order valence-corrected chi connectivity index (χ2v) is 3.71. The molecule has 0 bridgehead atoms. The molecule has 1 aliphatic carbocycles. The number of halogens is 3. The molecule has 0 aromatic carbocycles. The Balaban J connectivity index is 2.23. The molecule has 0 unspecified atom stereocenters. The van der Waals surface area contributed by atoms with E-state index in [1.165, 1.54) is 5.38 Å². The van der Waals surface area contributed by atoms with Gasteiger partial charge in [0.25, 0.3) is 0 Å². The van der Waals surface area contributed by atoms with Crippen LogP contribution < -0.4 is 0 Å². The molecule has 1 nitrogen and oxygen atoms in total. The van der Waals surface area contributed by atoms with E-state index in [4.69, 9.17) is 0 Å². The van der Waals surface area contributed by atoms with Crippen molar-refractivity contribution < 1.29 is 13.2 Å². The van der Waals surface area contributed by atoms with Crippen molar-refractivity contribution in [1.29, 1.82) is 0 Å². The normalized spacial score (nSPS) is 18.2. The molecular weight excluding hydrogens is 187 g/mol. The highest BCUT2D eigenvalue weighted by molar-refractivity contribution is 7.09. The zero-order valence-corrected chi connectivity index (χ0v) is 6.87. The maximum Gasteiger partial charge on any atom is 0.443 e. The third-order valence-corrected chi connectivity index (χ3v) is 2.67. The van der Waals surface area contributed by atoms with Gasteiger partial charge in [-0.05, 0) is 12.8 Å². The summed E-state index contributed by atoms with van der Waals surface area (Å²) >= 11 is 0.689. The predicted octanol–water partition coefficient (Wildman–Crippen LogP) is 3.04. The molecule has 1 aromatic heterocycles. The standard InChI is InChI=1S/C7H6F3NS/c8-7(9,10)6-11-5(3-12-6)4-1-2-4/h3-4H,1-2H2. The van der Waals surface area contributed by atoms with Gasteiger partial charge in [-0.2, -0.15) is 13.2 Å². The number of rotatable bonds is 1. The number of hydrogen-bond acceptors (Lipinski definition) is 2. The lowest BCUT2D eigenvalue weighted by Crippen LogP contribution is -2.03. The van der Waals surface area contributed by atoms with Gasteiger partial charge in [-0.3, -0.25) is 0 Å². The first-order chi connectivity index (χ1) is 5.57. The smallest absolute Gasteiger partial charge is 0.237 e. The first kappa shape index (κ1) is 8.04. The second kappa shape index (κ2) is 2.45. The van der Waals surface area contributed by atoms with E-state index in [2.05, 4.69) is 4.98 Å². The zero-order valence-electron chi connectivity index (χ0n) is 6.06. The molecule has 5 heteroatoms. The van der Waals surface area contributed by atoms with Gasteiger partial charge in [0, 0.05) is 11.3 Å². The van der Waals surface area contributed by atoms with E-state index in [9.17, 15) is 13.2 Å². The number of nitrogens with zero attached hydrogens (tertiary/aromatic N) is 1. The van der Waals surface area contributed by atoms with Gasteiger partial charge in [-0.25, -0.2) is 4.98 Å². The van der Waals surface area contributed by atoms with E-state index in [-0.39, 0.29) is 0 Å². The van der Waals surface area contributed by atoms with Crippen LogP contribution in [0.4, 0.5) is 13.2 Å².